The lowest BCUT2D eigenvalue weighted by Gasteiger charge is -2.21. The monoisotopic (exact) mass is 164 g/mol. The number of rotatable bonds is 0. The second-order valence-electron chi connectivity index (χ2n) is 3.63. The van der Waals surface area contributed by atoms with Crippen LogP contribution in [0.5, 0.6) is 0 Å². The lowest BCUT2D eigenvalue weighted by molar-refractivity contribution is 0.0957. The van der Waals surface area contributed by atoms with E-state index in [9.17, 15) is 0 Å². The maximum atomic E-state index is 5.31. The zero-order chi connectivity index (χ0) is 7.97. The number of hydrogen-bond acceptors (Lipinski definition) is 3. The molecule has 12 heavy (non-hydrogen) atoms. The fourth-order valence-electron chi connectivity index (χ4n) is 2.25. The second-order valence-corrected chi connectivity index (χ2v) is 3.63. The first-order valence-corrected chi connectivity index (χ1v) is 4.62. The molecule has 3 rings (SSSR count). The Kier molecular flexibility index (Phi) is 1.22. The lowest BCUT2D eigenvalue weighted by Crippen LogP contribution is -2.37. The molecule has 64 valence electrons. The zero-order valence-corrected chi connectivity index (χ0v) is 6.94. The number of oxime groups is 1. The third kappa shape index (κ3) is 0.737. The van der Waals surface area contributed by atoms with Crippen LogP contribution in [0.2, 0.25) is 0 Å². The van der Waals surface area contributed by atoms with Crippen molar-refractivity contribution >= 4 is 5.71 Å². The van der Waals surface area contributed by atoms with Crippen molar-refractivity contribution in [3.05, 3.63) is 12.3 Å². The van der Waals surface area contributed by atoms with E-state index in [1.54, 1.807) is 0 Å². The van der Waals surface area contributed by atoms with Crippen molar-refractivity contribution in [1.29, 1.82) is 0 Å². The molecule has 3 heteroatoms. The molecule has 0 N–H and O–H groups in total. The number of nitrogens with zero attached hydrogens (tertiary/aromatic N) is 2. The summed E-state index contributed by atoms with van der Waals surface area (Å²) in [6.45, 7) is 1.17. The van der Waals surface area contributed by atoms with Crippen LogP contribution in [0.1, 0.15) is 19.3 Å². The Hall–Kier alpha value is -0.990. The molecule has 0 bridgehead atoms. The molecule has 0 radical (unpaired) electrons. The first kappa shape index (κ1) is 6.52. The Labute approximate surface area is 71.7 Å². The van der Waals surface area contributed by atoms with E-state index >= 15 is 0 Å². The minimum absolute atomic E-state index is 0.220. The third-order valence-corrected chi connectivity index (χ3v) is 2.87. The van der Waals surface area contributed by atoms with Gasteiger partial charge in [-0.05, 0) is 31.5 Å². The van der Waals surface area contributed by atoms with Crippen molar-refractivity contribution in [2.45, 2.75) is 31.4 Å². The summed E-state index contributed by atoms with van der Waals surface area (Å²) in [5.41, 5.74) is 1.25. The second kappa shape index (κ2) is 2.25. The smallest absolute Gasteiger partial charge is 0.173 e. The van der Waals surface area contributed by atoms with Crippen molar-refractivity contribution in [2.24, 2.45) is 5.16 Å². The van der Waals surface area contributed by atoms with Gasteiger partial charge in [-0.1, -0.05) is 5.16 Å². The molecule has 3 nitrogen and oxygen atoms in total. The standard InChI is InChI=1S/C9H12N2O/c1-2-5-11-6-4-8-9(11)7(3-1)10-12-8/h4,6,8-9H,1-3,5H2. The van der Waals surface area contributed by atoms with Crippen molar-refractivity contribution < 1.29 is 4.84 Å². The fourth-order valence-corrected chi connectivity index (χ4v) is 2.25. The van der Waals surface area contributed by atoms with E-state index in [0.29, 0.717) is 6.04 Å². The van der Waals surface area contributed by atoms with Gasteiger partial charge in [0, 0.05) is 6.54 Å². The maximum absolute atomic E-state index is 5.31. The average Bonchev–Trinajstić information content (AvgIpc) is 2.57. The van der Waals surface area contributed by atoms with Gasteiger partial charge in [0.2, 0.25) is 0 Å². The van der Waals surface area contributed by atoms with Crippen LogP contribution in [-0.2, 0) is 4.84 Å². The summed E-state index contributed by atoms with van der Waals surface area (Å²) >= 11 is 0. The SMILES string of the molecule is C1=CN2CCCCC3=NOC1C32. The van der Waals surface area contributed by atoms with Crippen LogP contribution in [0.3, 0.4) is 0 Å². The molecule has 0 aliphatic carbocycles. The summed E-state index contributed by atoms with van der Waals surface area (Å²) in [7, 11) is 0. The van der Waals surface area contributed by atoms with Crippen LogP contribution in [-0.4, -0.2) is 29.3 Å². The first-order chi connectivity index (χ1) is 5.95. The van der Waals surface area contributed by atoms with Gasteiger partial charge in [-0.2, -0.15) is 0 Å². The molecule has 1 saturated heterocycles. The van der Waals surface area contributed by atoms with Gasteiger partial charge in [0.25, 0.3) is 0 Å². The summed E-state index contributed by atoms with van der Waals surface area (Å²) in [4.78, 5) is 7.67. The van der Waals surface area contributed by atoms with Crippen LogP contribution in [0.15, 0.2) is 17.4 Å². The number of hydrogen-bond donors (Lipinski definition) is 0. The molecule has 2 unspecified atom stereocenters. The Morgan fingerprint density at radius 3 is 3.50 bits per heavy atom. The molecule has 3 aliphatic rings. The molecule has 0 amide bonds. The lowest BCUT2D eigenvalue weighted by atomic mass is 10.1. The highest BCUT2D eigenvalue weighted by Crippen LogP contribution is 2.29. The van der Waals surface area contributed by atoms with Crippen LogP contribution >= 0.6 is 0 Å². The molecular weight excluding hydrogens is 152 g/mol. The van der Waals surface area contributed by atoms with Crippen LogP contribution in [0.25, 0.3) is 0 Å². The van der Waals surface area contributed by atoms with Gasteiger partial charge in [-0.3, -0.25) is 0 Å². The zero-order valence-electron chi connectivity index (χ0n) is 6.94. The Balaban J connectivity index is 1.96. The molecule has 0 aromatic rings. The van der Waals surface area contributed by atoms with Gasteiger partial charge in [-0.25, -0.2) is 0 Å². The van der Waals surface area contributed by atoms with Gasteiger partial charge < -0.3 is 9.74 Å². The summed E-state index contributed by atoms with van der Waals surface area (Å²) in [5.74, 6) is 0. The van der Waals surface area contributed by atoms with E-state index in [0.717, 1.165) is 6.42 Å². The normalized spacial score (nSPS) is 37.3. The fraction of sp³-hybridized carbons (Fsp3) is 0.667. The molecule has 2 atom stereocenters. The van der Waals surface area contributed by atoms with Gasteiger partial charge in [0.15, 0.2) is 6.10 Å². The molecule has 3 aliphatic heterocycles. The van der Waals surface area contributed by atoms with Gasteiger partial charge in [0.1, 0.15) is 6.04 Å². The van der Waals surface area contributed by atoms with E-state index in [4.69, 9.17) is 4.84 Å². The van der Waals surface area contributed by atoms with Crippen molar-refractivity contribution in [1.82, 2.24) is 4.90 Å². The maximum Gasteiger partial charge on any atom is 0.173 e. The van der Waals surface area contributed by atoms with Crippen molar-refractivity contribution in [3.8, 4) is 0 Å². The molecule has 0 aromatic heterocycles. The summed E-state index contributed by atoms with van der Waals surface area (Å²) in [5, 5.41) is 4.12. The van der Waals surface area contributed by atoms with E-state index in [2.05, 4.69) is 22.3 Å². The summed E-state index contributed by atoms with van der Waals surface area (Å²) in [6.07, 6.45) is 8.17. The minimum Gasteiger partial charge on any atom is -0.386 e. The molecule has 0 spiro atoms. The molecule has 3 heterocycles. The summed E-state index contributed by atoms with van der Waals surface area (Å²) < 4.78 is 0. The topological polar surface area (TPSA) is 24.8 Å². The first-order valence-electron chi connectivity index (χ1n) is 4.62. The van der Waals surface area contributed by atoms with E-state index in [-0.39, 0.29) is 6.10 Å². The highest BCUT2D eigenvalue weighted by molar-refractivity contribution is 5.92. The van der Waals surface area contributed by atoms with Crippen LogP contribution in [0.4, 0.5) is 0 Å². The Bertz CT molecular complexity index is 259. The summed E-state index contributed by atoms with van der Waals surface area (Å²) in [6, 6.07) is 0.451. The predicted octanol–water partition coefficient (Wildman–Crippen LogP) is 1.12. The highest BCUT2D eigenvalue weighted by Gasteiger charge is 2.40. The van der Waals surface area contributed by atoms with Gasteiger partial charge >= 0.3 is 0 Å². The molecular formula is C9H12N2O. The predicted molar refractivity (Wildman–Crippen MR) is 45.8 cm³/mol. The van der Waals surface area contributed by atoms with Gasteiger partial charge in [0.05, 0.1) is 5.71 Å². The molecule has 1 fully saturated rings. The Morgan fingerprint density at radius 1 is 1.50 bits per heavy atom. The quantitative estimate of drug-likeness (QED) is 0.536. The van der Waals surface area contributed by atoms with E-state index in [1.807, 2.05) is 0 Å². The highest BCUT2D eigenvalue weighted by atomic mass is 16.6. The van der Waals surface area contributed by atoms with Gasteiger partial charge in [-0.15, -0.1) is 0 Å². The van der Waals surface area contributed by atoms with Crippen molar-refractivity contribution in [3.63, 3.8) is 0 Å². The largest absolute Gasteiger partial charge is 0.386 e. The Morgan fingerprint density at radius 2 is 2.50 bits per heavy atom. The van der Waals surface area contributed by atoms with Crippen LogP contribution < -0.4 is 0 Å². The van der Waals surface area contributed by atoms with Crippen LogP contribution in [0, 0.1) is 0 Å². The molecule has 0 aromatic carbocycles. The van der Waals surface area contributed by atoms with E-state index < -0.39 is 0 Å². The molecule has 0 saturated carbocycles. The van der Waals surface area contributed by atoms with Crippen molar-refractivity contribution in [2.75, 3.05) is 6.54 Å². The van der Waals surface area contributed by atoms with E-state index in [1.165, 1.54) is 25.1 Å². The minimum atomic E-state index is 0.220. The third-order valence-electron chi connectivity index (χ3n) is 2.87. The average molecular weight is 164 g/mol.